The summed E-state index contributed by atoms with van der Waals surface area (Å²) in [6.45, 7) is 6.67. The Morgan fingerprint density at radius 2 is 1.87 bits per heavy atom. The van der Waals surface area contributed by atoms with E-state index in [1.54, 1.807) is 0 Å². The highest BCUT2D eigenvalue weighted by molar-refractivity contribution is 14.1. The van der Waals surface area contributed by atoms with Crippen LogP contribution >= 0.6 is 22.6 Å². The Morgan fingerprint density at radius 1 is 1.13 bits per heavy atom. The predicted octanol–water partition coefficient (Wildman–Crippen LogP) is 5.67. The van der Waals surface area contributed by atoms with Gasteiger partial charge in [-0.1, -0.05) is 24.3 Å². The van der Waals surface area contributed by atoms with Gasteiger partial charge in [0.15, 0.2) is 0 Å². The number of fused-ring (bicyclic) bond motifs is 1. The van der Waals surface area contributed by atoms with Gasteiger partial charge in [0.05, 0.1) is 11.2 Å². The van der Waals surface area contributed by atoms with E-state index in [0.29, 0.717) is 0 Å². The molecule has 1 aliphatic rings. The molecule has 3 heteroatoms. The van der Waals surface area contributed by atoms with Gasteiger partial charge in [-0.3, -0.25) is 4.99 Å². The first-order chi connectivity index (χ1) is 10.9. The lowest BCUT2D eigenvalue weighted by atomic mass is 9.89. The number of anilines is 1. The topological polar surface area (TPSA) is 15.6 Å². The van der Waals surface area contributed by atoms with Crippen LogP contribution in [-0.2, 0) is 0 Å². The number of halogens is 1. The fraction of sp³-hybridized carbons (Fsp3) is 0.250. The SMILES string of the molecule is CC1=CC(C)(C)N(C)c2ccc(C=Nc3ccccc3I)cc21. The number of para-hydroxylation sites is 1. The van der Waals surface area contributed by atoms with Gasteiger partial charge in [-0.2, -0.15) is 0 Å². The monoisotopic (exact) mass is 416 g/mol. The minimum Gasteiger partial charge on any atom is -0.366 e. The summed E-state index contributed by atoms with van der Waals surface area (Å²) in [7, 11) is 2.15. The summed E-state index contributed by atoms with van der Waals surface area (Å²) >= 11 is 2.32. The lowest BCUT2D eigenvalue weighted by Gasteiger charge is -2.40. The molecule has 0 amide bonds. The summed E-state index contributed by atoms with van der Waals surface area (Å²) in [5.74, 6) is 0. The largest absolute Gasteiger partial charge is 0.366 e. The van der Waals surface area contributed by atoms with E-state index in [-0.39, 0.29) is 5.54 Å². The summed E-state index contributed by atoms with van der Waals surface area (Å²) in [5, 5.41) is 0. The zero-order chi connectivity index (χ0) is 16.6. The van der Waals surface area contributed by atoms with Gasteiger partial charge in [-0.15, -0.1) is 0 Å². The van der Waals surface area contributed by atoms with Gasteiger partial charge in [0.1, 0.15) is 0 Å². The second-order valence-corrected chi connectivity index (χ2v) is 7.69. The molecule has 2 aromatic carbocycles. The summed E-state index contributed by atoms with van der Waals surface area (Å²) in [6, 6.07) is 14.7. The van der Waals surface area contributed by atoms with E-state index < -0.39 is 0 Å². The molecule has 0 saturated carbocycles. The van der Waals surface area contributed by atoms with Crippen molar-refractivity contribution in [2.45, 2.75) is 26.3 Å². The van der Waals surface area contributed by atoms with Gasteiger partial charge in [-0.25, -0.2) is 0 Å². The van der Waals surface area contributed by atoms with Crippen LogP contribution in [0.15, 0.2) is 53.5 Å². The molecule has 118 valence electrons. The van der Waals surface area contributed by atoms with Gasteiger partial charge in [0, 0.05) is 28.1 Å². The Kier molecular flexibility index (Phi) is 4.32. The van der Waals surface area contributed by atoms with Crippen molar-refractivity contribution in [1.82, 2.24) is 0 Å². The summed E-state index contributed by atoms with van der Waals surface area (Å²) in [5.41, 5.74) is 6.08. The van der Waals surface area contributed by atoms with Gasteiger partial charge in [0.25, 0.3) is 0 Å². The van der Waals surface area contributed by atoms with Gasteiger partial charge >= 0.3 is 0 Å². The van der Waals surface area contributed by atoms with Crippen molar-refractivity contribution in [3.8, 4) is 0 Å². The highest BCUT2D eigenvalue weighted by Gasteiger charge is 2.28. The molecule has 0 bridgehead atoms. The molecular weight excluding hydrogens is 395 g/mol. The predicted molar refractivity (Wildman–Crippen MR) is 109 cm³/mol. The van der Waals surface area contributed by atoms with Crippen LogP contribution in [0.1, 0.15) is 31.9 Å². The fourth-order valence-electron chi connectivity index (χ4n) is 2.96. The molecule has 0 aromatic heterocycles. The number of nitrogens with zero attached hydrogens (tertiary/aromatic N) is 2. The highest BCUT2D eigenvalue weighted by Crippen LogP contribution is 2.38. The Balaban J connectivity index is 1.96. The van der Waals surface area contributed by atoms with Crippen LogP contribution in [0.5, 0.6) is 0 Å². The first-order valence-corrected chi connectivity index (χ1v) is 8.83. The first kappa shape index (κ1) is 16.2. The smallest absolute Gasteiger partial charge is 0.0763 e. The van der Waals surface area contributed by atoms with Crippen LogP contribution < -0.4 is 4.90 Å². The maximum Gasteiger partial charge on any atom is 0.0763 e. The van der Waals surface area contributed by atoms with Crippen LogP contribution in [-0.4, -0.2) is 18.8 Å². The van der Waals surface area contributed by atoms with Crippen LogP contribution in [0.4, 0.5) is 11.4 Å². The van der Waals surface area contributed by atoms with Crippen molar-refractivity contribution < 1.29 is 0 Å². The average Bonchev–Trinajstić information content (AvgIpc) is 2.51. The maximum atomic E-state index is 4.63. The molecule has 1 heterocycles. The zero-order valence-electron chi connectivity index (χ0n) is 14.0. The minimum atomic E-state index is 0.0485. The Labute approximate surface area is 152 Å². The molecule has 23 heavy (non-hydrogen) atoms. The van der Waals surface area contributed by atoms with Crippen molar-refractivity contribution >= 4 is 45.8 Å². The molecule has 1 aliphatic heterocycles. The fourth-order valence-corrected chi connectivity index (χ4v) is 3.48. The van der Waals surface area contributed by atoms with Crippen molar-refractivity contribution in [3.05, 3.63) is 63.2 Å². The lowest BCUT2D eigenvalue weighted by molar-refractivity contribution is 0.598. The third-order valence-electron chi connectivity index (χ3n) is 4.45. The van der Waals surface area contributed by atoms with Gasteiger partial charge in [-0.05, 0) is 78.8 Å². The van der Waals surface area contributed by atoms with Crippen LogP contribution in [0.25, 0.3) is 5.57 Å². The third kappa shape index (κ3) is 3.20. The molecule has 2 nitrogen and oxygen atoms in total. The Bertz CT molecular complexity index is 803. The third-order valence-corrected chi connectivity index (χ3v) is 5.36. The molecule has 0 saturated heterocycles. The molecule has 3 rings (SSSR count). The molecule has 0 unspecified atom stereocenters. The maximum absolute atomic E-state index is 4.63. The number of benzene rings is 2. The van der Waals surface area contributed by atoms with Gasteiger partial charge < -0.3 is 4.90 Å². The molecule has 0 radical (unpaired) electrons. The summed E-state index contributed by atoms with van der Waals surface area (Å²) in [6.07, 6.45) is 4.28. The van der Waals surface area contributed by atoms with Crippen molar-refractivity contribution in [3.63, 3.8) is 0 Å². The number of aliphatic imine (C=N–C) groups is 1. The number of likely N-dealkylation sites (N-methyl/N-ethyl adjacent to an activating group) is 1. The van der Waals surface area contributed by atoms with Crippen molar-refractivity contribution in [2.75, 3.05) is 11.9 Å². The summed E-state index contributed by atoms with van der Waals surface area (Å²) < 4.78 is 1.16. The van der Waals surface area contributed by atoms with Crippen molar-refractivity contribution in [1.29, 1.82) is 0 Å². The van der Waals surface area contributed by atoms with E-state index in [1.165, 1.54) is 16.8 Å². The van der Waals surface area contributed by atoms with Crippen LogP contribution in [0, 0.1) is 3.57 Å². The minimum absolute atomic E-state index is 0.0485. The Hall–Kier alpha value is -1.62. The number of rotatable bonds is 2. The molecule has 0 atom stereocenters. The van der Waals surface area contributed by atoms with Gasteiger partial charge in [0.2, 0.25) is 0 Å². The molecule has 2 aromatic rings. The highest BCUT2D eigenvalue weighted by atomic mass is 127. The number of hydrogen-bond acceptors (Lipinski definition) is 2. The quantitative estimate of drug-likeness (QED) is 0.455. The molecule has 0 spiro atoms. The first-order valence-electron chi connectivity index (χ1n) is 7.75. The lowest BCUT2D eigenvalue weighted by Crippen LogP contribution is -2.42. The zero-order valence-corrected chi connectivity index (χ0v) is 16.1. The van der Waals surface area contributed by atoms with E-state index >= 15 is 0 Å². The second kappa shape index (κ2) is 6.11. The van der Waals surface area contributed by atoms with Crippen molar-refractivity contribution in [2.24, 2.45) is 4.99 Å². The normalized spacial score (nSPS) is 16.4. The summed E-state index contributed by atoms with van der Waals surface area (Å²) in [4.78, 5) is 6.96. The van der Waals surface area contributed by atoms with E-state index in [0.717, 1.165) is 14.8 Å². The molecular formula is C20H21IN2. The standard InChI is InChI=1S/C20H21IN2/c1-14-12-20(2,3)23(4)19-10-9-15(11-16(14)19)13-22-18-8-6-5-7-17(18)21/h5-13H,1-4H3. The molecule has 0 aliphatic carbocycles. The van der Waals surface area contributed by atoms with E-state index in [9.17, 15) is 0 Å². The molecule has 0 N–H and O–H groups in total. The van der Waals surface area contributed by atoms with E-state index in [2.05, 4.69) is 90.6 Å². The second-order valence-electron chi connectivity index (χ2n) is 6.53. The van der Waals surface area contributed by atoms with Crippen LogP contribution in [0.3, 0.4) is 0 Å². The Morgan fingerprint density at radius 3 is 2.61 bits per heavy atom. The van der Waals surface area contributed by atoms with Crippen LogP contribution in [0.2, 0.25) is 0 Å². The van der Waals surface area contributed by atoms with E-state index in [4.69, 9.17) is 0 Å². The van der Waals surface area contributed by atoms with E-state index in [1.807, 2.05) is 24.4 Å². The number of hydrogen-bond donors (Lipinski definition) is 0. The average molecular weight is 416 g/mol. The number of allylic oxidation sites excluding steroid dienone is 1. The molecule has 0 fully saturated rings.